The van der Waals surface area contributed by atoms with Gasteiger partial charge < -0.3 is 5.32 Å². The molecule has 0 spiro atoms. The number of rotatable bonds is 3. The molecule has 1 saturated carbocycles. The lowest BCUT2D eigenvalue weighted by atomic mass is 9.85. The largest absolute Gasteiger partial charge is 0.348 e. The van der Waals surface area contributed by atoms with Crippen LogP contribution in [-0.4, -0.2) is 26.1 Å². The molecule has 0 unspecified atom stereocenters. The Hall–Kier alpha value is -1.46. The molecule has 0 aliphatic heterocycles. The average Bonchev–Trinajstić information content (AvgIpc) is 2.44. The van der Waals surface area contributed by atoms with Gasteiger partial charge in [-0.2, -0.15) is 0 Å². The van der Waals surface area contributed by atoms with Gasteiger partial charge >= 0.3 is 0 Å². The van der Waals surface area contributed by atoms with Crippen molar-refractivity contribution in [1.82, 2.24) is 25.5 Å². The Labute approximate surface area is 81.7 Å². The van der Waals surface area contributed by atoms with Crippen LogP contribution in [0.2, 0.25) is 0 Å². The van der Waals surface area contributed by atoms with Gasteiger partial charge in [0.05, 0.1) is 6.54 Å². The summed E-state index contributed by atoms with van der Waals surface area (Å²) in [5.41, 5.74) is 0. The standard InChI is InChI=1S/C8H13N5O/c1-13-7(10-11-12-13)5-9-8(14)6-3-2-4-6/h6H,2-5H2,1H3,(H,9,14). The summed E-state index contributed by atoms with van der Waals surface area (Å²) in [7, 11) is 1.75. The number of carbonyl (C=O) groups is 1. The van der Waals surface area contributed by atoms with Gasteiger partial charge in [0.15, 0.2) is 5.82 Å². The molecule has 1 N–H and O–H groups in total. The molecule has 6 nitrogen and oxygen atoms in total. The van der Waals surface area contributed by atoms with Crippen molar-refractivity contribution in [1.29, 1.82) is 0 Å². The van der Waals surface area contributed by atoms with Crippen LogP contribution in [0, 0.1) is 5.92 Å². The number of carbonyl (C=O) groups excluding carboxylic acids is 1. The van der Waals surface area contributed by atoms with Crippen molar-refractivity contribution in [2.75, 3.05) is 0 Å². The Balaban J connectivity index is 1.82. The molecule has 1 fully saturated rings. The molecule has 2 rings (SSSR count). The van der Waals surface area contributed by atoms with Crippen LogP contribution < -0.4 is 5.32 Å². The second-order valence-corrected chi connectivity index (χ2v) is 3.56. The molecule has 1 aliphatic carbocycles. The third-order valence-corrected chi connectivity index (χ3v) is 2.60. The smallest absolute Gasteiger partial charge is 0.223 e. The van der Waals surface area contributed by atoms with E-state index < -0.39 is 0 Å². The molecule has 0 bridgehead atoms. The van der Waals surface area contributed by atoms with Gasteiger partial charge in [-0.15, -0.1) is 5.10 Å². The second-order valence-electron chi connectivity index (χ2n) is 3.56. The van der Waals surface area contributed by atoms with Crippen molar-refractivity contribution in [2.45, 2.75) is 25.8 Å². The molecule has 6 heteroatoms. The molecule has 0 atom stereocenters. The Morgan fingerprint density at radius 3 is 2.93 bits per heavy atom. The first-order valence-electron chi connectivity index (χ1n) is 4.76. The lowest BCUT2D eigenvalue weighted by molar-refractivity contribution is -0.127. The van der Waals surface area contributed by atoms with E-state index in [2.05, 4.69) is 20.8 Å². The maximum atomic E-state index is 11.4. The minimum absolute atomic E-state index is 0.124. The SMILES string of the molecule is Cn1nnnc1CNC(=O)C1CCC1. The molecule has 0 saturated heterocycles. The van der Waals surface area contributed by atoms with Crippen LogP contribution in [0.25, 0.3) is 0 Å². The maximum Gasteiger partial charge on any atom is 0.223 e. The molecular weight excluding hydrogens is 182 g/mol. The summed E-state index contributed by atoms with van der Waals surface area (Å²) in [5.74, 6) is 1.02. The van der Waals surface area contributed by atoms with Crippen LogP contribution in [0.1, 0.15) is 25.1 Å². The summed E-state index contributed by atoms with van der Waals surface area (Å²) in [4.78, 5) is 11.4. The molecule has 1 aliphatic rings. The highest BCUT2D eigenvalue weighted by Gasteiger charge is 2.24. The number of hydrogen-bond donors (Lipinski definition) is 1. The number of amides is 1. The van der Waals surface area contributed by atoms with E-state index in [1.54, 1.807) is 11.7 Å². The first-order valence-corrected chi connectivity index (χ1v) is 4.76. The summed E-state index contributed by atoms with van der Waals surface area (Å²) in [6.45, 7) is 0.416. The number of aryl methyl sites for hydroxylation is 1. The zero-order valence-electron chi connectivity index (χ0n) is 8.10. The normalized spacial score (nSPS) is 16.4. The fourth-order valence-electron chi connectivity index (χ4n) is 1.38. The Bertz CT molecular complexity index is 330. The highest BCUT2D eigenvalue weighted by Crippen LogP contribution is 2.26. The number of aromatic nitrogens is 4. The van der Waals surface area contributed by atoms with Crippen molar-refractivity contribution in [3.05, 3.63) is 5.82 Å². The first-order chi connectivity index (χ1) is 6.77. The van der Waals surface area contributed by atoms with Crippen molar-refractivity contribution in [3.8, 4) is 0 Å². The van der Waals surface area contributed by atoms with Gasteiger partial charge in [-0.1, -0.05) is 6.42 Å². The average molecular weight is 195 g/mol. The van der Waals surface area contributed by atoms with Crippen molar-refractivity contribution >= 4 is 5.91 Å². The number of hydrogen-bond acceptors (Lipinski definition) is 4. The van der Waals surface area contributed by atoms with E-state index in [4.69, 9.17) is 0 Å². The predicted octanol–water partition coefficient (Wildman–Crippen LogP) is -0.374. The third-order valence-electron chi connectivity index (χ3n) is 2.60. The summed E-state index contributed by atoms with van der Waals surface area (Å²) < 4.78 is 1.56. The zero-order chi connectivity index (χ0) is 9.97. The van der Waals surface area contributed by atoms with Crippen LogP contribution in [0.3, 0.4) is 0 Å². The van der Waals surface area contributed by atoms with Gasteiger partial charge in [-0.3, -0.25) is 4.79 Å². The van der Waals surface area contributed by atoms with Crippen LogP contribution >= 0.6 is 0 Å². The fraction of sp³-hybridized carbons (Fsp3) is 0.750. The summed E-state index contributed by atoms with van der Waals surface area (Å²) in [6, 6.07) is 0. The third kappa shape index (κ3) is 1.73. The van der Waals surface area contributed by atoms with E-state index in [1.807, 2.05) is 0 Å². The highest BCUT2D eigenvalue weighted by molar-refractivity contribution is 5.79. The first kappa shape index (κ1) is 9.11. The summed E-state index contributed by atoms with van der Waals surface area (Å²) in [6.07, 6.45) is 3.20. The van der Waals surface area contributed by atoms with Crippen LogP contribution in [0.4, 0.5) is 0 Å². The number of tetrazole rings is 1. The van der Waals surface area contributed by atoms with Crippen LogP contribution in [0.15, 0.2) is 0 Å². The topological polar surface area (TPSA) is 72.7 Å². The molecule has 1 aromatic rings. The van der Waals surface area contributed by atoms with Gasteiger partial charge in [0.1, 0.15) is 0 Å². The van der Waals surface area contributed by atoms with Gasteiger partial charge in [-0.25, -0.2) is 4.68 Å². The summed E-state index contributed by atoms with van der Waals surface area (Å²) in [5, 5.41) is 13.8. The lowest BCUT2D eigenvalue weighted by Crippen LogP contribution is -2.34. The van der Waals surface area contributed by atoms with Crippen molar-refractivity contribution in [2.24, 2.45) is 13.0 Å². The van der Waals surface area contributed by atoms with E-state index in [0.29, 0.717) is 12.4 Å². The van der Waals surface area contributed by atoms with Crippen LogP contribution in [0.5, 0.6) is 0 Å². The molecular formula is C8H13N5O. The maximum absolute atomic E-state index is 11.4. The Kier molecular flexibility index (Phi) is 2.43. The summed E-state index contributed by atoms with van der Waals surface area (Å²) >= 11 is 0. The van der Waals surface area contributed by atoms with E-state index >= 15 is 0 Å². The van der Waals surface area contributed by atoms with Crippen molar-refractivity contribution < 1.29 is 4.79 Å². The number of nitrogens with one attached hydrogen (secondary N) is 1. The Morgan fingerprint density at radius 1 is 1.64 bits per heavy atom. The van der Waals surface area contributed by atoms with Crippen LogP contribution in [-0.2, 0) is 18.4 Å². The molecule has 14 heavy (non-hydrogen) atoms. The quantitative estimate of drug-likeness (QED) is 0.714. The molecule has 1 aromatic heterocycles. The van der Waals surface area contributed by atoms with Gasteiger partial charge in [0.25, 0.3) is 0 Å². The number of nitrogens with zero attached hydrogens (tertiary/aromatic N) is 4. The minimum Gasteiger partial charge on any atom is -0.348 e. The molecule has 0 aromatic carbocycles. The van der Waals surface area contributed by atoms with Crippen molar-refractivity contribution in [3.63, 3.8) is 0 Å². The van der Waals surface area contributed by atoms with Gasteiger partial charge in [0, 0.05) is 13.0 Å². The predicted molar refractivity (Wildman–Crippen MR) is 48.0 cm³/mol. The second kappa shape index (κ2) is 3.73. The van der Waals surface area contributed by atoms with E-state index in [0.717, 1.165) is 12.8 Å². The monoisotopic (exact) mass is 195 g/mol. The molecule has 1 heterocycles. The van der Waals surface area contributed by atoms with E-state index in [1.165, 1.54) is 6.42 Å². The Morgan fingerprint density at radius 2 is 2.43 bits per heavy atom. The van der Waals surface area contributed by atoms with E-state index in [-0.39, 0.29) is 11.8 Å². The molecule has 1 amide bonds. The zero-order valence-corrected chi connectivity index (χ0v) is 8.10. The van der Waals surface area contributed by atoms with Gasteiger partial charge in [0.2, 0.25) is 5.91 Å². The lowest BCUT2D eigenvalue weighted by Gasteiger charge is -2.23. The fourth-order valence-corrected chi connectivity index (χ4v) is 1.38. The molecule has 76 valence electrons. The highest BCUT2D eigenvalue weighted by atomic mass is 16.1. The van der Waals surface area contributed by atoms with Gasteiger partial charge in [-0.05, 0) is 23.3 Å². The minimum atomic E-state index is 0.124. The van der Waals surface area contributed by atoms with E-state index in [9.17, 15) is 4.79 Å². The molecule has 0 radical (unpaired) electrons.